The highest BCUT2D eigenvalue weighted by Gasteiger charge is 2.33. The predicted octanol–water partition coefficient (Wildman–Crippen LogP) is 2.66. The first-order valence-electron chi connectivity index (χ1n) is 7.47. The van der Waals surface area contributed by atoms with E-state index in [9.17, 15) is 0 Å². The number of hydrogen-bond donors (Lipinski definition) is 1. The SMILES string of the molecule is CC(C)Oc1ccc(N2CCNC(C3CC3)C2)cc1. The Kier molecular flexibility index (Phi) is 3.65. The summed E-state index contributed by atoms with van der Waals surface area (Å²) in [5.74, 6) is 1.89. The van der Waals surface area contributed by atoms with E-state index in [1.54, 1.807) is 0 Å². The van der Waals surface area contributed by atoms with Crippen molar-refractivity contribution in [3.8, 4) is 5.75 Å². The van der Waals surface area contributed by atoms with Crippen molar-refractivity contribution in [2.24, 2.45) is 5.92 Å². The molecule has 1 aromatic rings. The summed E-state index contributed by atoms with van der Waals surface area (Å²) < 4.78 is 5.69. The molecule has 1 unspecified atom stereocenters. The van der Waals surface area contributed by atoms with Crippen molar-refractivity contribution in [1.82, 2.24) is 5.32 Å². The molecule has 0 aromatic heterocycles. The number of piperazine rings is 1. The summed E-state index contributed by atoms with van der Waals surface area (Å²) in [7, 11) is 0. The van der Waals surface area contributed by atoms with Gasteiger partial charge >= 0.3 is 0 Å². The number of nitrogens with one attached hydrogen (secondary N) is 1. The zero-order valence-electron chi connectivity index (χ0n) is 11.9. The molecule has 3 heteroatoms. The van der Waals surface area contributed by atoms with Crippen molar-refractivity contribution in [2.45, 2.75) is 38.8 Å². The molecule has 1 N–H and O–H groups in total. The third-order valence-corrected chi connectivity index (χ3v) is 3.97. The summed E-state index contributed by atoms with van der Waals surface area (Å²) in [5, 5.41) is 3.65. The molecule has 0 radical (unpaired) electrons. The van der Waals surface area contributed by atoms with E-state index < -0.39 is 0 Å². The van der Waals surface area contributed by atoms with Crippen LogP contribution in [-0.2, 0) is 0 Å². The lowest BCUT2D eigenvalue weighted by molar-refractivity contribution is 0.242. The van der Waals surface area contributed by atoms with Crippen LogP contribution < -0.4 is 15.0 Å². The topological polar surface area (TPSA) is 24.5 Å². The molecular weight excluding hydrogens is 236 g/mol. The molecule has 3 rings (SSSR count). The molecule has 1 saturated heterocycles. The summed E-state index contributed by atoms with van der Waals surface area (Å²) in [6.07, 6.45) is 3.06. The fourth-order valence-electron chi connectivity index (χ4n) is 2.83. The minimum absolute atomic E-state index is 0.240. The minimum Gasteiger partial charge on any atom is -0.491 e. The molecule has 3 nitrogen and oxygen atoms in total. The van der Waals surface area contributed by atoms with Gasteiger partial charge in [0.05, 0.1) is 6.10 Å². The van der Waals surface area contributed by atoms with Crippen LogP contribution in [0, 0.1) is 5.92 Å². The van der Waals surface area contributed by atoms with Crippen LogP contribution in [0.5, 0.6) is 5.75 Å². The van der Waals surface area contributed by atoms with Crippen molar-refractivity contribution in [1.29, 1.82) is 0 Å². The fraction of sp³-hybridized carbons (Fsp3) is 0.625. The average Bonchev–Trinajstić information content (AvgIpc) is 3.23. The van der Waals surface area contributed by atoms with Gasteiger partial charge in [0.15, 0.2) is 0 Å². The minimum atomic E-state index is 0.240. The van der Waals surface area contributed by atoms with E-state index in [0.717, 1.165) is 31.3 Å². The molecule has 0 spiro atoms. The Hall–Kier alpha value is -1.22. The van der Waals surface area contributed by atoms with Crippen LogP contribution in [0.1, 0.15) is 26.7 Å². The van der Waals surface area contributed by atoms with Gasteiger partial charge in [-0.1, -0.05) is 0 Å². The van der Waals surface area contributed by atoms with Gasteiger partial charge in [0.2, 0.25) is 0 Å². The maximum absolute atomic E-state index is 5.69. The van der Waals surface area contributed by atoms with Crippen molar-refractivity contribution >= 4 is 5.69 Å². The van der Waals surface area contributed by atoms with Gasteiger partial charge in [0.1, 0.15) is 5.75 Å². The first-order valence-corrected chi connectivity index (χ1v) is 7.47. The average molecular weight is 260 g/mol. The molecule has 0 bridgehead atoms. The van der Waals surface area contributed by atoms with Gasteiger partial charge < -0.3 is 15.0 Å². The van der Waals surface area contributed by atoms with E-state index in [1.807, 2.05) is 0 Å². The first kappa shape index (κ1) is 12.8. The Morgan fingerprint density at radius 2 is 1.95 bits per heavy atom. The number of nitrogens with zero attached hydrogens (tertiary/aromatic N) is 1. The van der Waals surface area contributed by atoms with Crippen molar-refractivity contribution in [2.75, 3.05) is 24.5 Å². The van der Waals surface area contributed by atoms with E-state index in [1.165, 1.54) is 18.5 Å². The van der Waals surface area contributed by atoms with Gasteiger partial charge in [-0.25, -0.2) is 0 Å². The van der Waals surface area contributed by atoms with Crippen LogP contribution in [0.15, 0.2) is 24.3 Å². The van der Waals surface area contributed by atoms with Gasteiger partial charge in [-0.3, -0.25) is 0 Å². The summed E-state index contributed by atoms with van der Waals surface area (Å²) >= 11 is 0. The number of benzene rings is 1. The van der Waals surface area contributed by atoms with Crippen LogP contribution >= 0.6 is 0 Å². The van der Waals surface area contributed by atoms with Crippen LogP contribution in [0.3, 0.4) is 0 Å². The van der Waals surface area contributed by atoms with Crippen LogP contribution in [-0.4, -0.2) is 31.8 Å². The predicted molar refractivity (Wildman–Crippen MR) is 78.9 cm³/mol. The number of hydrogen-bond acceptors (Lipinski definition) is 3. The second-order valence-electron chi connectivity index (χ2n) is 6.00. The molecule has 1 aliphatic heterocycles. The van der Waals surface area contributed by atoms with Crippen molar-refractivity contribution < 1.29 is 4.74 Å². The third-order valence-electron chi connectivity index (χ3n) is 3.97. The zero-order chi connectivity index (χ0) is 13.2. The molecular formula is C16H24N2O. The first-order chi connectivity index (χ1) is 9.22. The standard InChI is InChI=1S/C16H24N2O/c1-12(2)19-15-7-5-14(6-8-15)18-10-9-17-16(11-18)13-3-4-13/h5-8,12-13,16-17H,3-4,9-11H2,1-2H3. The highest BCUT2D eigenvalue weighted by molar-refractivity contribution is 5.49. The summed E-state index contributed by atoms with van der Waals surface area (Å²) in [6.45, 7) is 7.48. The molecule has 104 valence electrons. The summed E-state index contributed by atoms with van der Waals surface area (Å²) in [6, 6.07) is 9.24. The summed E-state index contributed by atoms with van der Waals surface area (Å²) in [4.78, 5) is 2.50. The Labute approximate surface area is 115 Å². The Morgan fingerprint density at radius 1 is 1.21 bits per heavy atom. The van der Waals surface area contributed by atoms with E-state index in [4.69, 9.17) is 4.74 Å². The van der Waals surface area contributed by atoms with Crippen LogP contribution in [0.2, 0.25) is 0 Å². The molecule has 2 aliphatic rings. The van der Waals surface area contributed by atoms with Crippen LogP contribution in [0.4, 0.5) is 5.69 Å². The molecule has 1 heterocycles. The van der Waals surface area contributed by atoms with Crippen LogP contribution in [0.25, 0.3) is 0 Å². The molecule has 1 saturated carbocycles. The van der Waals surface area contributed by atoms with E-state index >= 15 is 0 Å². The molecule has 0 amide bonds. The lowest BCUT2D eigenvalue weighted by Crippen LogP contribution is -2.51. The highest BCUT2D eigenvalue weighted by Crippen LogP contribution is 2.34. The molecule has 1 aliphatic carbocycles. The van der Waals surface area contributed by atoms with Gasteiger partial charge in [-0.2, -0.15) is 0 Å². The molecule has 2 fully saturated rings. The molecule has 1 atom stereocenters. The number of anilines is 1. The van der Waals surface area contributed by atoms with E-state index in [-0.39, 0.29) is 6.10 Å². The van der Waals surface area contributed by atoms with Gasteiger partial charge in [0.25, 0.3) is 0 Å². The summed E-state index contributed by atoms with van der Waals surface area (Å²) in [5.41, 5.74) is 1.32. The maximum atomic E-state index is 5.69. The van der Waals surface area contributed by atoms with Crippen molar-refractivity contribution in [3.05, 3.63) is 24.3 Å². The zero-order valence-corrected chi connectivity index (χ0v) is 11.9. The number of ether oxygens (including phenoxy) is 1. The monoisotopic (exact) mass is 260 g/mol. The maximum Gasteiger partial charge on any atom is 0.119 e. The largest absolute Gasteiger partial charge is 0.491 e. The molecule has 19 heavy (non-hydrogen) atoms. The Bertz CT molecular complexity index is 411. The number of rotatable bonds is 4. The Morgan fingerprint density at radius 3 is 2.58 bits per heavy atom. The molecule has 1 aromatic carbocycles. The Balaban J connectivity index is 1.64. The van der Waals surface area contributed by atoms with Gasteiger partial charge in [-0.05, 0) is 56.9 Å². The van der Waals surface area contributed by atoms with Gasteiger partial charge in [-0.15, -0.1) is 0 Å². The fourth-order valence-corrected chi connectivity index (χ4v) is 2.83. The quantitative estimate of drug-likeness (QED) is 0.901. The second-order valence-corrected chi connectivity index (χ2v) is 6.00. The second kappa shape index (κ2) is 5.41. The normalized spacial score (nSPS) is 23.7. The van der Waals surface area contributed by atoms with E-state index in [2.05, 4.69) is 48.3 Å². The third kappa shape index (κ3) is 3.21. The highest BCUT2D eigenvalue weighted by atomic mass is 16.5. The van der Waals surface area contributed by atoms with Gasteiger partial charge in [0, 0.05) is 31.4 Å². The smallest absolute Gasteiger partial charge is 0.119 e. The van der Waals surface area contributed by atoms with E-state index in [0.29, 0.717) is 6.04 Å². The van der Waals surface area contributed by atoms with Crippen molar-refractivity contribution in [3.63, 3.8) is 0 Å². The lowest BCUT2D eigenvalue weighted by Gasteiger charge is -2.35. The lowest BCUT2D eigenvalue weighted by atomic mass is 10.1.